The number of aromatic nitrogens is 6. The van der Waals surface area contributed by atoms with Crippen molar-refractivity contribution in [3.05, 3.63) is 202 Å². The van der Waals surface area contributed by atoms with Crippen LogP contribution in [0.5, 0.6) is 0 Å². The number of aryl methyl sites for hydroxylation is 3. The fourth-order valence-corrected chi connectivity index (χ4v) is 15.5. The minimum atomic E-state index is -1.83. The van der Waals surface area contributed by atoms with Crippen LogP contribution >= 0.6 is 34.0 Å². The van der Waals surface area contributed by atoms with Crippen molar-refractivity contribution in [3.8, 4) is 0 Å². The van der Waals surface area contributed by atoms with Crippen LogP contribution in [0.1, 0.15) is 226 Å². The zero-order valence-corrected chi connectivity index (χ0v) is 71.8. The monoisotopic (exact) mass is 1640 g/mol. The predicted octanol–water partition coefficient (Wildman–Crippen LogP) is 13.1. The number of aliphatic carboxylic acids is 1. The number of aromatic amines is 1. The Kier molecular flexibility index (Phi) is 31.5. The van der Waals surface area contributed by atoms with E-state index < -0.39 is 110 Å². The summed E-state index contributed by atoms with van der Waals surface area (Å²) in [4.78, 5) is 160. The lowest BCUT2D eigenvalue weighted by molar-refractivity contribution is -0.165. The van der Waals surface area contributed by atoms with E-state index in [2.05, 4.69) is 4.98 Å². The first kappa shape index (κ1) is 93.1. The van der Waals surface area contributed by atoms with Crippen LogP contribution in [0.3, 0.4) is 0 Å². The number of carbonyl (C=O) groups is 6. The highest BCUT2D eigenvalue weighted by atomic mass is 32.1. The number of aliphatic hydroxyl groups excluding tert-OH is 1. The molecular formula is C83H108N6O22S3. The number of hydrogen-bond acceptors (Lipinski definition) is 24. The van der Waals surface area contributed by atoms with Gasteiger partial charge in [-0.3, -0.25) is 28.5 Å². The molecule has 3 aromatic carbocycles. The SMILES string of the molecule is CC(C)O[C@@H](CO)c1ccccc1.CCOC(=O)c1sc2[nH]c(=O)n(C(C)(C)C(=O)OC(C)(C)C)c(=O)c2c1C.CCOC(=O)c1sc2c(c1C)c(=O)n(C(C)(C)C(=O)O)c(=O)n2C[C@H](OC(C)C)c1ccccc1.CCOC(=O)c1sc2c(c1C)c(=O)n(C(C)(C)C(=O)OC(C)(C)C)c(=O)n2C[C@H](OC(C)C)c1ccccc1. The number of fused-ring (bicyclic) bond motifs is 3. The number of esters is 5. The summed E-state index contributed by atoms with van der Waals surface area (Å²) in [5, 5.41) is 19.4. The maximum atomic E-state index is 14.1. The number of thiophene rings is 3. The van der Waals surface area contributed by atoms with Crippen LogP contribution in [0, 0.1) is 20.8 Å². The van der Waals surface area contributed by atoms with E-state index in [1.165, 1.54) is 50.7 Å². The van der Waals surface area contributed by atoms with E-state index in [0.717, 1.165) is 64.4 Å². The molecular weight excluding hydrogens is 1530 g/mol. The zero-order chi connectivity index (χ0) is 85.8. The molecule has 28 nitrogen and oxygen atoms in total. The van der Waals surface area contributed by atoms with Crippen LogP contribution < -0.4 is 33.7 Å². The van der Waals surface area contributed by atoms with Gasteiger partial charge in [-0.2, -0.15) is 0 Å². The Balaban J connectivity index is 0.000000249. The molecule has 0 bridgehead atoms. The third kappa shape index (κ3) is 21.8. The molecule has 0 unspecified atom stereocenters. The molecule has 0 aliphatic carbocycles. The summed E-state index contributed by atoms with van der Waals surface area (Å²) in [6.07, 6.45) is -1.50. The van der Waals surface area contributed by atoms with Gasteiger partial charge in [0, 0.05) is 0 Å². The smallest absolute Gasteiger partial charge is 0.348 e. The highest BCUT2D eigenvalue weighted by Crippen LogP contribution is 2.35. The Morgan fingerprint density at radius 2 is 0.728 bits per heavy atom. The number of hydrogen-bond donors (Lipinski definition) is 3. The number of aliphatic hydroxyl groups is 1. The lowest BCUT2D eigenvalue weighted by Gasteiger charge is -2.30. The number of nitrogens with zero attached hydrogens (tertiary/aromatic N) is 5. The van der Waals surface area contributed by atoms with Gasteiger partial charge in [-0.15, -0.1) is 34.0 Å². The van der Waals surface area contributed by atoms with Crippen molar-refractivity contribution >= 4 is 100 Å². The topological polar surface area (TPSA) is 360 Å². The first-order chi connectivity index (χ1) is 53.1. The van der Waals surface area contributed by atoms with Gasteiger partial charge >= 0.3 is 52.9 Å². The van der Waals surface area contributed by atoms with E-state index in [4.69, 9.17) is 43.0 Å². The summed E-state index contributed by atoms with van der Waals surface area (Å²) in [5.41, 5.74) is -7.13. The van der Waals surface area contributed by atoms with Crippen LogP contribution in [0.4, 0.5) is 0 Å². The second-order valence-corrected chi connectivity index (χ2v) is 34.0. The second kappa shape index (κ2) is 38.6. The van der Waals surface area contributed by atoms with Gasteiger partial charge in [0.25, 0.3) is 16.7 Å². The molecule has 0 saturated carbocycles. The lowest BCUT2D eigenvalue weighted by atomic mass is 10.0. The van der Waals surface area contributed by atoms with E-state index in [0.29, 0.717) is 21.5 Å². The van der Waals surface area contributed by atoms with E-state index in [1.807, 2.05) is 133 Å². The molecule has 9 rings (SSSR count). The number of nitrogens with one attached hydrogen (secondary N) is 1. The van der Waals surface area contributed by atoms with Gasteiger partial charge in [-0.1, -0.05) is 91.0 Å². The lowest BCUT2D eigenvalue weighted by Crippen LogP contribution is -2.54. The summed E-state index contributed by atoms with van der Waals surface area (Å²) in [6, 6.07) is 28.5. The summed E-state index contributed by atoms with van der Waals surface area (Å²) >= 11 is 2.99. The molecule has 620 valence electrons. The molecule has 31 heteroatoms. The van der Waals surface area contributed by atoms with Crippen molar-refractivity contribution in [2.45, 2.75) is 244 Å². The molecule has 0 radical (unpaired) electrons. The number of rotatable bonds is 26. The molecule has 6 heterocycles. The zero-order valence-electron chi connectivity index (χ0n) is 69.4. The Labute approximate surface area is 673 Å². The molecule has 3 atom stereocenters. The number of carboxylic acids is 1. The molecule has 3 N–H and O–H groups in total. The van der Waals surface area contributed by atoms with Crippen LogP contribution in [-0.4, -0.2) is 130 Å². The predicted molar refractivity (Wildman–Crippen MR) is 440 cm³/mol. The molecule has 0 aliphatic heterocycles. The molecule has 0 aliphatic rings. The minimum absolute atomic E-state index is 0.00965. The molecule has 0 saturated heterocycles. The Bertz CT molecular complexity index is 5310. The van der Waals surface area contributed by atoms with Gasteiger partial charge in [-0.25, -0.2) is 56.9 Å². The van der Waals surface area contributed by atoms with Crippen LogP contribution in [0.2, 0.25) is 0 Å². The van der Waals surface area contributed by atoms with E-state index in [-0.39, 0.29) is 104 Å². The molecule has 114 heavy (non-hydrogen) atoms. The Hall–Kier alpha value is -9.76. The van der Waals surface area contributed by atoms with Crippen molar-refractivity contribution < 1.29 is 76.9 Å². The van der Waals surface area contributed by atoms with Crippen molar-refractivity contribution in [2.75, 3.05) is 26.4 Å². The fraction of sp³-hybridized carbons (Fsp3) is 0.494. The van der Waals surface area contributed by atoms with Gasteiger partial charge in [0.2, 0.25) is 0 Å². The largest absolute Gasteiger partial charge is 0.480 e. The molecule has 6 aromatic heterocycles. The quantitative estimate of drug-likeness (QED) is 0.0335. The van der Waals surface area contributed by atoms with Crippen molar-refractivity contribution in [1.29, 1.82) is 0 Å². The molecule has 0 amide bonds. The third-order valence-corrected chi connectivity index (χ3v) is 21.3. The Morgan fingerprint density at radius 3 is 1.04 bits per heavy atom. The second-order valence-electron chi connectivity index (χ2n) is 31.0. The van der Waals surface area contributed by atoms with E-state index >= 15 is 0 Å². The fourth-order valence-electron chi connectivity index (χ4n) is 12.0. The highest BCUT2D eigenvalue weighted by Gasteiger charge is 2.42. The summed E-state index contributed by atoms with van der Waals surface area (Å²) in [6.45, 7) is 40.6. The maximum absolute atomic E-state index is 14.1. The number of carbonyl (C=O) groups excluding carboxylic acids is 5. The van der Waals surface area contributed by atoms with Gasteiger partial charge in [0.15, 0.2) is 0 Å². The maximum Gasteiger partial charge on any atom is 0.348 e. The van der Waals surface area contributed by atoms with Crippen LogP contribution in [0.25, 0.3) is 30.6 Å². The first-order valence-corrected chi connectivity index (χ1v) is 39.8. The standard InChI is InChI=1S/C29H38N2O7S.C25H30N2O7S.C18H24N2O6S.C11H16O2/c1-10-36-25(33)22-18(4)21-23(32)31(29(8,9)26(34)38-28(5,6)7)27(35)30(24(21)39-22)16-20(37-17(2)3)19-14-12-11-13-15-19;1-7-33-22(29)19-15(4)18-20(28)27(25(5,6)23(30)31)24(32)26(21(18)35-19)13-17(34-14(2)3)16-11-9-8-10-12-16;1-8-25-14(22)11-9(2)10-12(27-11)19-16(24)20(13(10)21)18(6,7)15(23)26-17(3,4)5;1-9(2)13-11(8-12)10-6-4-3-5-7-10/h11-15,17,20H,10,16H2,1-9H3;8-12,14,17H,7,13H2,1-6H3,(H,30,31);8H2,1-7H3,(H,19,24);3-7,9,11-12H,8H2,1-2H3/t20-;17-;;11-/m00.0/s1. The normalized spacial score (nSPS) is 12.8. The summed E-state index contributed by atoms with van der Waals surface area (Å²) in [5.74, 6) is -4.51. The number of ether oxygens (including phenoxy) is 8. The average molecular weight is 1640 g/mol. The van der Waals surface area contributed by atoms with Gasteiger partial charge < -0.3 is 48.1 Å². The minimum Gasteiger partial charge on any atom is -0.480 e. The van der Waals surface area contributed by atoms with Gasteiger partial charge in [-0.05, 0) is 200 Å². The van der Waals surface area contributed by atoms with E-state index in [1.54, 1.807) is 83.1 Å². The number of benzene rings is 3. The summed E-state index contributed by atoms with van der Waals surface area (Å²) in [7, 11) is 0. The molecule has 0 fully saturated rings. The van der Waals surface area contributed by atoms with Crippen molar-refractivity contribution in [3.63, 3.8) is 0 Å². The third-order valence-electron chi connectivity index (χ3n) is 17.5. The number of H-pyrrole nitrogens is 1. The number of carboxylic acid groups (broad SMARTS) is 1. The van der Waals surface area contributed by atoms with Crippen LogP contribution in [-0.2, 0) is 82.0 Å². The first-order valence-electron chi connectivity index (χ1n) is 37.4. The summed E-state index contributed by atoms with van der Waals surface area (Å²) < 4.78 is 49.4. The molecule has 0 spiro atoms. The van der Waals surface area contributed by atoms with Gasteiger partial charge in [0.1, 0.15) is 75.3 Å². The van der Waals surface area contributed by atoms with Gasteiger partial charge in [0.05, 0.1) is 74.0 Å². The highest BCUT2D eigenvalue weighted by molar-refractivity contribution is 7.21. The van der Waals surface area contributed by atoms with Crippen molar-refractivity contribution in [2.24, 2.45) is 0 Å². The van der Waals surface area contributed by atoms with Crippen molar-refractivity contribution in [1.82, 2.24) is 27.8 Å². The molecule has 9 aromatic rings. The average Bonchev–Trinajstić information content (AvgIpc) is 1.53. The Morgan fingerprint density at radius 1 is 0.430 bits per heavy atom. The van der Waals surface area contributed by atoms with E-state index in [9.17, 15) is 62.6 Å². The van der Waals surface area contributed by atoms with Crippen LogP contribution in [0.15, 0.2) is 120 Å².